The zero-order valence-corrected chi connectivity index (χ0v) is 24.4. The number of benzene rings is 1. The molecular weight excluding hydrogens is 493 g/mol. The number of nitrogens with two attached hydrogens (primary N) is 1. The van der Waals surface area contributed by atoms with Crippen molar-refractivity contribution in [2.45, 2.75) is 106 Å². The van der Waals surface area contributed by atoms with Gasteiger partial charge in [0.1, 0.15) is 0 Å². The highest BCUT2D eigenvalue weighted by atomic mass is 127. The van der Waals surface area contributed by atoms with E-state index in [1.165, 1.54) is 15.6 Å². The standard InChI is InChI=1S/C28H50INO/c1-20(2)25(4,5)12-13-31-28(10,11)17-22-14-23(16-24(30)15-22)27(8,9)19-26(6,7)21(3)18-29/h14-16,20-21H,12-13,17-19,30H2,1-11H3. The van der Waals surface area contributed by atoms with Gasteiger partial charge in [0.05, 0.1) is 5.60 Å². The number of hydrogen-bond acceptors (Lipinski definition) is 2. The number of rotatable bonds is 12. The molecule has 0 aliphatic carbocycles. The third-order valence-electron chi connectivity index (χ3n) is 7.69. The Hall–Kier alpha value is -0.290. The van der Waals surface area contributed by atoms with Crippen LogP contribution in [0.25, 0.3) is 0 Å². The lowest BCUT2D eigenvalue weighted by Gasteiger charge is -2.39. The van der Waals surface area contributed by atoms with Crippen molar-refractivity contribution in [3.05, 3.63) is 29.3 Å². The molecule has 1 atom stereocenters. The fourth-order valence-corrected chi connectivity index (χ4v) is 5.45. The first kappa shape index (κ1) is 28.7. The van der Waals surface area contributed by atoms with Crippen molar-refractivity contribution in [2.75, 3.05) is 16.8 Å². The Labute approximate surface area is 207 Å². The fraction of sp³-hybridized carbons (Fsp3) is 0.786. The maximum atomic E-state index is 6.37. The molecule has 3 heteroatoms. The highest BCUT2D eigenvalue weighted by Gasteiger charge is 2.34. The Balaban J connectivity index is 2.96. The van der Waals surface area contributed by atoms with E-state index in [4.69, 9.17) is 10.5 Å². The van der Waals surface area contributed by atoms with Crippen molar-refractivity contribution >= 4 is 28.3 Å². The van der Waals surface area contributed by atoms with Crippen LogP contribution in [0.3, 0.4) is 0 Å². The second-order valence-electron chi connectivity index (χ2n) is 12.7. The zero-order chi connectivity index (χ0) is 24.3. The van der Waals surface area contributed by atoms with Gasteiger partial charge in [-0.25, -0.2) is 0 Å². The molecule has 0 saturated carbocycles. The summed E-state index contributed by atoms with van der Waals surface area (Å²) in [7, 11) is 0. The summed E-state index contributed by atoms with van der Waals surface area (Å²) in [6.45, 7) is 26.4. The van der Waals surface area contributed by atoms with Gasteiger partial charge in [0.2, 0.25) is 0 Å². The Morgan fingerprint density at radius 1 is 0.903 bits per heavy atom. The summed E-state index contributed by atoms with van der Waals surface area (Å²) in [5, 5.41) is 0. The lowest BCUT2D eigenvalue weighted by atomic mass is 9.67. The van der Waals surface area contributed by atoms with Crippen molar-refractivity contribution in [3.8, 4) is 0 Å². The van der Waals surface area contributed by atoms with Gasteiger partial charge >= 0.3 is 0 Å². The molecule has 1 rings (SSSR count). The molecule has 0 heterocycles. The second kappa shape index (κ2) is 10.8. The van der Waals surface area contributed by atoms with E-state index >= 15 is 0 Å². The number of ether oxygens (including phenoxy) is 1. The van der Waals surface area contributed by atoms with Crippen LogP contribution in [0.2, 0.25) is 0 Å². The van der Waals surface area contributed by atoms with E-state index in [9.17, 15) is 0 Å². The first-order chi connectivity index (χ1) is 13.9. The van der Waals surface area contributed by atoms with E-state index in [0.29, 0.717) is 17.3 Å². The number of alkyl halides is 1. The topological polar surface area (TPSA) is 35.2 Å². The number of halogens is 1. The van der Waals surface area contributed by atoms with Gasteiger partial charge in [-0.15, -0.1) is 0 Å². The number of hydrogen-bond donors (Lipinski definition) is 1. The molecule has 2 N–H and O–H groups in total. The van der Waals surface area contributed by atoms with Gasteiger partial charge in [-0.3, -0.25) is 0 Å². The van der Waals surface area contributed by atoms with Crippen LogP contribution >= 0.6 is 22.6 Å². The first-order valence-corrected chi connectivity index (χ1v) is 13.5. The molecule has 2 nitrogen and oxygen atoms in total. The van der Waals surface area contributed by atoms with Crippen molar-refractivity contribution in [1.29, 1.82) is 0 Å². The SMILES string of the molecule is CC(C)C(C)(C)CCOC(C)(C)Cc1cc(N)cc(C(C)(C)CC(C)(C)C(C)CI)c1. The van der Waals surface area contributed by atoms with Crippen molar-refractivity contribution in [1.82, 2.24) is 0 Å². The van der Waals surface area contributed by atoms with Crippen LogP contribution in [-0.4, -0.2) is 16.6 Å². The highest BCUT2D eigenvalue weighted by Crippen LogP contribution is 2.42. The molecule has 0 bridgehead atoms. The molecular formula is C28H50INO. The van der Waals surface area contributed by atoms with Crippen LogP contribution in [-0.2, 0) is 16.6 Å². The van der Waals surface area contributed by atoms with Crippen LogP contribution in [0.5, 0.6) is 0 Å². The third kappa shape index (κ3) is 8.87. The van der Waals surface area contributed by atoms with Gasteiger partial charge in [-0.2, -0.15) is 0 Å². The van der Waals surface area contributed by atoms with Crippen molar-refractivity contribution in [3.63, 3.8) is 0 Å². The average Bonchev–Trinajstić information content (AvgIpc) is 2.58. The number of nitrogen functional groups attached to an aromatic ring is 1. The minimum atomic E-state index is -0.211. The summed E-state index contributed by atoms with van der Waals surface area (Å²) in [6.07, 6.45) is 3.08. The Bertz CT molecular complexity index is 703. The maximum Gasteiger partial charge on any atom is 0.0666 e. The molecule has 0 saturated heterocycles. The normalized spacial score (nSPS) is 14.9. The number of anilines is 1. The summed E-state index contributed by atoms with van der Waals surface area (Å²) in [5.41, 5.74) is 10.3. The predicted octanol–water partition coefficient (Wildman–Crippen LogP) is 8.44. The predicted molar refractivity (Wildman–Crippen MR) is 147 cm³/mol. The molecule has 1 aromatic rings. The fourth-order valence-electron chi connectivity index (χ4n) is 4.26. The van der Waals surface area contributed by atoms with Crippen LogP contribution in [0.15, 0.2) is 18.2 Å². The third-order valence-corrected chi connectivity index (χ3v) is 9.01. The minimum Gasteiger partial charge on any atom is -0.399 e. The van der Waals surface area contributed by atoms with E-state index in [-0.39, 0.29) is 16.4 Å². The Kier molecular flexibility index (Phi) is 9.98. The molecule has 0 amide bonds. The van der Waals surface area contributed by atoms with E-state index in [0.717, 1.165) is 31.6 Å². The van der Waals surface area contributed by atoms with E-state index in [1.54, 1.807) is 0 Å². The van der Waals surface area contributed by atoms with Crippen molar-refractivity contribution < 1.29 is 4.74 Å². The lowest BCUT2D eigenvalue weighted by Crippen LogP contribution is -2.33. The Morgan fingerprint density at radius 2 is 1.48 bits per heavy atom. The van der Waals surface area contributed by atoms with Gasteiger partial charge in [0.15, 0.2) is 0 Å². The summed E-state index contributed by atoms with van der Waals surface area (Å²) in [5.74, 6) is 1.33. The molecule has 0 aromatic heterocycles. The molecule has 180 valence electrons. The van der Waals surface area contributed by atoms with Crippen LogP contribution < -0.4 is 5.73 Å². The van der Waals surface area contributed by atoms with Gasteiger partial charge in [0.25, 0.3) is 0 Å². The average molecular weight is 544 g/mol. The molecule has 1 unspecified atom stereocenters. The Morgan fingerprint density at radius 3 is 2.00 bits per heavy atom. The lowest BCUT2D eigenvalue weighted by molar-refractivity contribution is -0.0323. The molecule has 0 aliphatic heterocycles. The van der Waals surface area contributed by atoms with Gasteiger partial charge in [0, 0.05) is 23.1 Å². The highest BCUT2D eigenvalue weighted by molar-refractivity contribution is 14.1. The molecule has 1 aromatic carbocycles. The monoisotopic (exact) mass is 543 g/mol. The summed E-state index contributed by atoms with van der Waals surface area (Å²) >= 11 is 2.52. The summed E-state index contributed by atoms with van der Waals surface area (Å²) in [6, 6.07) is 6.67. The van der Waals surface area contributed by atoms with Crippen molar-refractivity contribution in [2.24, 2.45) is 22.7 Å². The quantitative estimate of drug-likeness (QED) is 0.163. The van der Waals surface area contributed by atoms with Gasteiger partial charge < -0.3 is 10.5 Å². The largest absolute Gasteiger partial charge is 0.399 e. The summed E-state index contributed by atoms with van der Waals surface area (Å²) < 4.78 is 7.55. The maximum absolute atomic E-state index is 6.37. The smallest absolute Gasteiger partial charge is 0.0666 e. The molecule has 0 aliphatic rings. The van der Waals surface area contributed by atoms with Gasteiger partial charge in [-0.1, -0.05) is 91.0 Å². The van der Waals surface area contributed by atoms with E-state index < -0.39 is 0 Å². The van der Waals surface area contributed by atoms with Gasteiger partial charge in [-0.05, 0) is 78.0 Å². The minimum absolute atomic E-state index is 0.0694. The second-order valence-corrected chi connectivity index (χ2v) is 13.6. The molecule has 0 fully saturated rings. The summed E-state index contributed by atoms with van der Waals surface area (Å²) in [4.78, 5) is 0. The van der Waals surface area contributed by atoms with E-state index in [2.05, 4.69) is 117 Å². The van der Waals surface area contributed by atoms with E-state index in [1.807, 2.05) is 0 Å². The van der Waals surface area contributed by atoms with Crippen LogP contribution in [0.4, 0.5) is 5.69 Å². The molecule has 0 spiro atoms. The molecule has 0 radical (unpaired) electrons. The molecule has 31 heavy (non-hydrogen) atoms. The van der Waals surface area contributed by atoms with Crippen LogP contribution in [0.1, 0.15) is 100 Å². The first-order valence-electron chi connectivity index (χ1n) is 12.0. The van der Waals surface area contributed by atoms with Crippen LogP contribution in [0, 0.1) is 22.7 Å². The zero-order valence-electron chi connectivity index (χ0n) is 22.3.